The Labute approximate surface area is 207 Å². The Morgan fingerprint density at radius 2 is 0.833 bits per heavy atom. The van der Waals surface area contributed by atoms with E-state index in [1.165, 1.54) is 51.1 Å². The Morgan fingerprint density at radius 1 is 0.528 bits per heavy atom. The van der Waals surface area contributed by atoms with Gasteiger partial charge in [-0.05, 0) is 36.4 Å². The molecule has 3 heterocycles. The van der Waals surface area contributed by atoms with Crippen molar-refractivity contribution in [2.24, 2.45) is 28.2 Å². The molecule has 0 aliphatic carbocycles. The first-order chi connectivity index (χ1) is 16.9. The van der Waals surface area contributed by atoms with Crippen molar-refractivity contribution < 1.29 is 16.8 Å². The van der Waals surface area contributed by atoms with Crippen LogP contribution >= 0.6 is 0 Å². The van der Waals surface area contributed by atoms with Crippen molar-refractivity contribution in [3.8, 4) is 0 Å². The van der Waals surface area contributed by atoms with Gasteiger partial charge in [-0.1, -0.05) is 0 Å². The number of aromatic nitrogens is 4. The number of aryl methyl sites for hydroxylation is 4. The lowest BCUT2D eigenvalue weighted by Crippen LogP contribution is -2.50. The quantitative estimate of drug-likeness (QED) is 0.356. The normalized spacial score (nSPS) is 16.3. The van der Waals surface area contributed by atoms with Gasteiger partial charge in [-0.15, -0.1) is 0 Å². The summed E-state index contributed by atoms with van der Waals surface area (Å²) in [5.74, 6) is 0. The highest BCUT2D eigenvalue weighted by molar-refractivity contribution is 7.89. The van der Waals surface area contributed by atoms with E-state index in [1.807, 2.05) is 0 Å². The molecule has 14 heteroatoms. The van der Waals surface area contributed by atoms with Crippen LogP contribution in [0.5, 0.6) is 0 Å². The van der Waals surface area contributed by atoms with Crippen LogP contribution in [-0.2, 0) is 48.2 Å². The summed E-state index contributed by atoms with van der Waals surface area (Å²) in [4.78, 5) is 24.5. The lowest BCUT2D eigenvalue weighted by Gasteiger charge is -2.33. The van der Waals surface area contributed by atoms with Crippen LogP contribution in [0.25, 0.3) is 22.1 Å². The van der Waals surface area contributed by atoms with Crippen molar-refractivity contribution >= 4 is 42.1 Å². The van der Waals surface area contributed by atoms with Gasteiger partial charge in [0, 0.05) is 54.4 Å². The largest absolute Gasteiger partial charge is 0.328 e. The summed E-state index contributed by atoms with van der Waals surface area (Å²) in [7, 11) is -1.40. The van der Waals surface area contributed by atoms with Gasteiger partial charge in [0.05, 0.1) is 31.9 Å². The van der Waals surface area contributed by atoms with Gasteiger partial charge in [0.15, 0.2) is 0 Å². The monoisotopic (exact) mass is 534 g/mol. The van der Waals surface area contributed by atoms with E-state index in [2.05, 4.69) is 0 Å². The highest BCUT2D eigenvalue weighted by Crippen LogP contribution is 2.25. The minimum Gasteiger partial charge on any atom is -0.295 e. The van der Waals surface area contributed by atoms with Crippen molar-refractivity contribution in [3.05, 3.63) is 57.4 Å². The molecule has 36 heavy (non-hydrogen) atoms. The summed E-state index contributed by atoms with van der Waals surface area (Å²) in [5, 5.41) is 0. The predicted molar refractivity (Wildman–Crippen MR) is 134 cm³/mol. The van der Waals surface area contributed by atoms with E-state index < -0.39 is 20.0 Å². The van der Waals surface area contributed by atoms with Crippen LogP contribution in [0.3, 0.4) is 0 Å². The molecule has 1 fully saturated rings. The molecule has 0 spiro atoms. The molecule has 0 amide bonds. The van der Waals surface area contributed by atoms with E-state index in [4.69, 9.17) is 0 Å². The van der Waals surface area contributed by atoms with Crippen LogP contribution in [0.4, 0.5) is 0 Å². The maximum atomic E-state index is 13.3. The number of benzene rings is 2. The van der Waals surface area contributed by atoms with Crippen LogP contribution in [0.1, 0.15) is 0 Å². The number of piperazine rings is 1. The molecule has 1 saturated heterocycles. The number of imidazole rings is 2. The summed E-state index contributed by atoms with van der Waals surface area (Å²) in [6, 6.07) is 9.04. The fourth-order valence-corrected chi connectivity index (χ4v) is 7.63. The topological polar surface area (TPSA) is 129 Å². The molecule has 0 atom stereocenters. The summed E-state index contributed by atoms with van der Waals surface area (Å²) >= 11 is 0. The average Bonchev–Trinajstić information content (AvgIpc) is 3.23. The zero-order valence-electron chi connectivity index (χ0n) is 20.2. The fraction of sp³-hybridized carbons (Fsp3) is 0.364. The Kier molecular flexibility index (Phi) is 5.55. The Balaban J connectivity index is 1.40. The van der Waals surface area contributed by atoms with Crippen molar-refractivity contribution in [2.45, 2.75) is 9.79 Å². The fourth-order valence-electron chi connectivity index (χ4n) is 4.74. The number of nitrogens with zero attached hydrogens (tertiary/aromatic N) is 6. The van der Waals surface area contributed by atoms with Gasteiger partial charge >= 0.3 is 11.4 Å². The molecule has 1 aliphatic heterocycles. The molecular formula is C22H26N6O6S2. The van der Waals surface area contributed by atoms with Crippen molar-refractivity contribution in [3.63, 3.8) is 0 Å². The highest BCUT2D eigenvalue weighted by atomic mass is 32.2. The van der Waals surface area contributed by atoms with Crippen molar-refractivity contribution in [1.82, 2.24) is 26.9 Å². The molecule has 0 N–H and O–H groups in total. The Hall–Kier alpha value is -3.20. The summed E-state index contributed by atoms with van der Waals surface area (Å²) < 4.78 is 61.4. The average molecular weight is 535 g/mol. The Morgan fingerprint density at radius 3 is 1.17 bits per heavy atom. The lowest BCUT2D eigenvalue weighted by molar-refractivity contribution is 0.273. The van der Waals surface area contributed by atoms with E-state index in [0.717, 1.165) is 0 Å². The van der Waals surface area contributed by atoms with Crippen molar-refractivity contribution in [2.75, 3.05) is 26.2 Å². The van der Waals surface area contributed by atoms with Gasteiger partial charge in [0.2, 0.25) is 20.0 Å². The van der Waals surface area contributed by atoms with Gasteiger partial charge < -0.3 is 0 Å². The summed E-state index contributed by atoms with van der Waals surface area (Å²) in [5.41, 5.74) is 1.71. The van der Waals surface area contributed by atoms with Crippen molar-refractivity contribution in [1.29, 1.82) is 0 Å². The zero-order valence-corrected chi connectivity index (χ0v) is 21.9. The van der Waals surface area contributed by atoms with Crippen LogP contribution in [-0.4, -0.2) is 69.9 Å². The van der Waals surface area contributed by atoms with Crippen LogP contribution in [0.15, 0.2) is 55.8 Å². The second-order valence-electron chi connectivity index (χ2n) is 8.91. The molecule has 0 bridgehead atoms. The van der Waals surface area contributed by atoms with E-state index in [1.54, 1.807) is 40.3 Å². The smallest absolute Gasteiger partial charge is 0.295 e. The third-order valence-corrected chi connectivity index (χ3v) is 10.7. The van der Waals surface area contributed by atoms with E-state index in [0.29, 0.717) is 22.1 Å². The third kappa shape index (κ3) is 3.47. The molecule has 12 nitrogen and oxygen atoms in total. The molecular weight excluding hydrogens is 508 g/mol. The summed E-state index contributed by atoms with van der Waals surface area (Å²) in [6.07, 6.45) is 0. The lowest BCUT2D eigenvalue weighted by atomic mass is 10.3. The molecule has 0 unspecified atom stereocenters. The molecule has 4 aromatic rings. The van der Waals surface area contributed by atoms with Crippen LogP contribution in [0.2, 0.25) is 0 Å². The SMILES string of the molecule is Cn1c(=O)n(C)c2cc(S(=O)(=O)N3CCN(S(=O)(=O)c4ccc5c(c4)n(C)c(=O)n5C)CC3)ccc21. The molecule has 2 aromatic heterocycles. The summed E-state index contributed by atoms with van der Waals surface area (Å²) in [6.45, 7) is -0.0580. The first-order valence-corrected chi connectivity index (χ1v) is 14.0. The van der Waals surface area contributed by atoms with Crippen LogP contribution in [0, 0.1) is 0 Å². The number of hydrogen-bond donors (Lipinski definition) is 0. The van der Waals surface area contributed by atoms with E-state index in [9.17, 15) is 26.4 Å². The minimum absolute atomic E-state index is 0.0145. The van der Waals surface area contributed by atoms with Crippen LogP contribution < -0.4 is 11.4 Å². The van der Waals surface area contributed by atoms with Gasteiger partial charge in [-0.3, -0.25) is 18.3 Å². The third-order valence-electron chi connectivity index (χ3n) is 6.96. The first-order valence-electron chi connectivity index (χ1n) is 11.2. The standard InChI is InChI=1S/C22H26N6O6S2/c1-23-17-7-5-15(13-19(17)25(3)21(23)29)35(31,32)27-9-11-28(12-10-27)36(33,34)16-6-8-18-20(14-16)26(4)22(30)24(18)2/h5-8,13-14H,9-12H2,1-4H3. The predicted octanol–water partition coefficient (Wildman–Crippen LogP) is -0.237. The number of hydrogen-bond acceptors (Lipinski definition) is 6. The maximum absolute atomic E-state index is 13.3. The zero-order chi connectivity index (χ0) is 26.2. The molecule has 2 aromatic carbocycles. The Bertz CT molecular complexity index is 1730. The second kappa shape index (κ2) is 8.16. The molecule has 5 rings (SSSR count). The minimum atomic E-state index is -3.90. The maximum Gasteiger partial charge on any atom is 0.328 e. The molecule has 192 valence electrons. The first kappa shape index (κ1) is 24.5. The molecule has 1 aliphatic rings. The number of rotatable bonds is 4. The van der Waals surface area contributed by atoms with E-state index >= 15 is 0 Å². The van der Waals surface area contributed by atoms with Gasteiger partial charge in [0.1, 0.15) is 0 Å². The van der Waals surface area contributed by atoms with Gasteiger partial charge in [-0.2, -0.15) is 8.61 Å². The molecule has 0 radical (unpaired) electrons. The molecule has 0 saturated carbocycles. The number of fused-ring (bicyclic) bond motifs is 2. The van der Waals surface area contributed by atoms with Gasteiger partial charge in [-0.25, -0.2) is 26.4 Å². The second-order valence-corrected chi connectivity index (χ2v) is 12.8. The van der Waals surface area contributed by atoms with Gasteiger partial charge in [0.25, 0.3) is 0 Å². The number of sulfonamides is 2. The van der Waals surface area contributed by atoms with E-state index in [-0.39, 0.29) is 47.3 Å². The highest BCUT2D eigenvalue weighted by Gasteiger charge is 2.34.